The molecule has 22 heavy (non-hydrogen) atoms. The van der Waals surface area contributed by atoms with E-state index in [1.807, 2.05) is 17.8 Å². The number of nitrogens with zero attached hydrogens (tertiary/aromatic N) is 2. The average Bonchev–Trinajstić information content (AvgIpc) is 2.51. The minimum absolute atomic E-state index is 0.280. The number of nitrogens with two attached hydrogens (primary N) is 1. The Kier molecular flexibility index (Phi) is 4.59. The first-order chi connectivity index (χ1) is 10.7. The Labute approximate surface area is 135 Å². The van der Waals surface area contributed by atoms with Gasteiger partial charge in [-0.2, -0.15) is 11.8 Å². The van der Waals surface area contributed by atoms with Crippen LogP contribution in [-0.2, 0) is 0 Å². The smallest absolute Gasteiger partial charge is 0.136 e. The largest absolute Gasteiger partial charge is 0.383 e. The molecule has 120 valence electrons. The standard InChI is InChI=1S/C16H23FN4S/c1-22-11-3-10-21-13-5-2-4-12(17)14(13)15(18)20-16(21)6-8-19-9-7-16/h2,4-5,19H,3,6-11H2,1H3,(H2,18,20). The van der Waals surface area contributed by atoms with Crippen molar-refractivity contribution in [3.63, 3.8) is 0 Å². The van der Waals surface area contributed by atoms with E-state index in [9.17, 15) is 4.39 Å². The van der Waals surface area contributed by atoms with Crippen molar-refractivity contribution in [2.75, 3.05) is 36.5 Å². The van der Waals surface area contributed by atoms with Crippen LogP contribution in [0.4, 0.5) is 10.1 Å². The van der Waals surface area contributed by atoms with E-state index in [-0.39, 0.29) is 11.5 Å². The maximum Gasteiger partial charge on any atom is 0.136 e. The van der Waals surface area contributed by atoms with Gasteiger partial charge in [0.05, 0.1) is 11.3 Å². The fourth-order valence-corrected chi connectivity index (χ4v) is 3.88. The maximum absolute atomic E-state index is 14.2. The molecule has 1 saturated heterocycles. The lowest BCUT2D eigenvalue weighted by Gasteiger charge is -2.48. The molecule has 2 aliphatic heterocycles. The highest BCUT2D eigenvalue weighted by Gasteiger charge is 2.42. The van der Waals surface area contributed by atoms with Gasteiger partial charge in [-0.05, 0) is 43.7 Å². The van der Waals surface area contributed by atoms with E-state index in [0.717, 1.165) is 50.3 Å². The highest BCUT2D eigenvalue weighted by Crippen LogP contribution is 2.39. The van der Waals surface area contributed by atoms with Gasteiger partial charge in [0.2, 0.25) is 0 Å². The van der Waals surface area contributed by atoms with Gasteiger partial charge in [-0.25, -0.2) is 9.38 Å². The van der Waals surface area contributed by atoms with Crippen LogP contribution in [0.2, 0.25) is 0 Å². The van der Waals surface area contributed by atoms with Crippen LogP contribution in [0.25, 0.3) is 0 Å². The number of rotatable bonds is 4. The topological polar surface area (TPSA) is 53.6 Å². The van der Waals surface area contributed by atoms with Crippen LogP contribution < -0.4 is 16.0 Å². The first-order valence-corrected chi connectivity index (χ1v) is 9.19. The third-order valence-electron chi connectivity index (χ3n) is 4.50. The lowest BCUT2D eigenvalue weighted by molar-refractivity contribution is 0.294. The van der Waals surface area contributed by atoms with E-state index in [2.05, 4.69) is 16.5 Å². The summed E-state index contributed by atoms with van der Waals surface area (Å²) in [5, 5.41) is 3.38. The normalized spacial score (nSPS) is 19.9. The van der Waals surface area contributed by atoms with Crippen LogP contribution >= 0.6 is 11.8 Å². The Balaban J connectivity index is 2.02. The van der Waals surface area contributed by atoms with Crippen LogP contribution in [-0.4, -0.2) is 43.1 Å². The maximum atomic E-state index is 14.2. The quantitative estimate of drug-likeness (QED) is 0.834. The highest BCUT2D eigenvalue weighted by atomic mass is 32.2. The molecule has 2 heterocycles. The Morgan fingerprint density at radius 1 is 1.41 bits per heavy atom. The molecule has 6 heteroatoms. The summed E-state index contributed by atoms with van der Waals surface area (Å²) in [7, 11) is 0. The number of benzene rings is 1. The number of amidine groups is 1. The number of hydrogen-bond acceptors (Lipinski definition) is 5. The fraction of sp³-hybridized carbons (Fsp3) is 0.562. The number of piperidine rings is 1. The van der Waals surface area contributed by atoms with Gasteiger partial charge in [0.25, 0.3) is 0 Å². The van der Waals surface area contributed by atoms with Crippen LogP contribution in [0, 0.1) is 5.82 Å². The lowest BCUT2D eigenvalue weighted by Crippen LogP contribution is -2.57. The monoisotopic (exact) mass is 322 g/mol. The van der Waals surface area contributed by atoms with Crippen LogP contribution in [0.5, 0.6) is 0 Å². The second kappa shape index (κ2) is 6.46. The van der Waals surface area contributed by atoms with Crippen molar-refractivity contribution < 1.29 is 4.39 Å². The molecule has 0 bridgehead atoms. The number of hydrogen-bond donors (Lipinski definition) is 2. The summed E-state index contributed by atoms with van der Waals surface area (Å²) >= 11 is 1.84. The highest BCUT2D eigenvalue weighted by molar-refractivity contribution is 7.98. The third kappa shape index (κ3) is 2.70. The minimum Gasteiger partial charge on any atom is -0.383 e. The van der Waals surface area contributed by atoms with Crippen molar-refractivity contribution in [3.05, 3.63) is 29.6 Å². The second-order valence-corrected chi connectivity index (χ2v) is 6.85. The van der Waals surface area contributed by atoms with Crippen molar-refractivity contribution in [1.82, 2.24) is 5.32 Å². The van der Waals surface area contributed by atoms with Crippen LogP contribution in [0.3, 0.4) is 0 Å². The third-order valence-corrected chi connectivity index (χ3v) is 5.20. The molecule has 0 radical (unpaired) electrons. The Morgan fingerprint density at radius 3 is 2.91 bits per heavy atom. The zero-order chi connectivity index (χ0) is 15.6. The summed E-state index contributed by atoms with van der Waals surface area (Å²) in [5.74, 6) is 1.16. The van der Waals surface area contributed by atoms with Gasteiger partial charge >= 0.3 is 0 Å². The van der Waals surface area contributed by atoms with Crippen molar-refractivity contribution in [1.29, 1.82) is 0 Å². The SMILES string of the molecule is CSCCCN1c2cccc(F)c2C(N)=NC12CCNCC2. The molecule has 1 aromatic carbocycles. The molecule has 3 rings (SSSR count). The van der Waals surface area contributed by atoms with Crippen molar-refractivity contribution in [2.45, 2.75) is 24.9 Å². The van der Waals surface area contributed by atoms with Gasteiger partial charge in [0, 0.05) is 19.4 Å². The molecule has 1 aromatic rings. The van der Waals surface area contributed by atoms with Crippen molar-refractivity contribution in [3.8, 4) is 0 Å². The van der Waals surface area contributed by atoms with E-state index < -0.39 is 0 Å². The van der Waals surface area contributed by atoms with E-state index in [0.29, 0.717) is 11.4 Å². The summed E-state index contributed by atoms with van der Waals surface area (Å²) in [6.45, 7) is 2.72. The van der Waals surface area contributed by atoms with Gasteiger partial charge in [-0.15, -0.1) is 0 Å². The molecule has 0 aliphatic carbocycles. The fourth-order valence-electron chi connectivity index (χ4n) is 3.46. The van der Waals surface area contributed by atoms with Crippen LogP contribution in [0.1, 0.15) is 24.8 Å². The minimum atomic E-state index is -0.311. The molecule has 0 saturated carbocycles. The molecule has 2 aliphatic rings. The summed E-state index contributed by atoms with van der Waals surface area (Å²) in [6.07, 6.45) is 4.98. The number of aliphatic imine (C=N–C) groups is 1. The molecule has 3 N–H and O–H groups in total. The van der Waals surface area contributed by atoms with Gasteiger partial charge in [0.1, 0.15) is 17.3 Å². The van der Waals surface area contributed by atoms with Gasteiger partial charge in [-0.1, -0.05) is 6.07 Å². The number of nitrogens with one attached hydrogen (secondary N) is 1. The van der Waals surface area contributed by atoms with Crippen molar-refractivity contribution in [2.24, 2.45) is 10.7 Å². The molecule has 0 atom stereocenters. The molecular weight excluding hydrogens is 299 g/mol. The Hall–Kier alpha value is -1.27. The van der Waals surface area contributed by atoms with Crippen LogP contribution in [0.15, 0.2) is 23.2 Å². The molecule has 4 nitrogen and oxygen atoms in total. The average molecular weight is 322 g/mol. The molecule has 0 unspecified atom stereocenters. The molecule has 0 amide bonds. The zero-order valence-electron chi connectivity index (χ0n) is 12.9. The Morgan fingerprint density at radius 2 is 2.18 bits per heavy atom. The summed E-state index contributed by atoms with van der Waals surface area (Å²) in [5.41, 5.74) is 7.18. The summed E-state index contributed by atoms with van der Waals surface area (Å²) in [6, 6.07) is 5.20. The number of anilines is 1. The summed E-state index contributed by atoms with van der Waals surface area (Å²) < 4.78 is 14.2. The second-order valence-electron chi connectivity index (χ2n) is 5.86. The molecular formula is C16H23FN4S. The number of fused-ring (bicyclic) bond motifs is 1. The molecule has 1 spiro atoms. The molecule has 0 aromatic heterocycles. The van der Waals surface area contributed by atoms with Gasteiger partial charge in [0.15, 0.2) is 0 Å². The Bertz CT molecular complexity index is 569. The van der Waals surface area contributed by atoms with Gasteiger partial charge in [-0.3, -0.25) is 0 Å². The zero-order valence-corrected chi connectivity index (χ0v) is 13.8. The van der Waals surface area contributed by atoms with E-state index in [4.69, 9.17) is 10.7 Å². The first kappa shape index (κ1) is 15.6. The first-order valence-electron chi connectivity index (χ1n) is 7.79. The lowest BCUT2D eigenvalue weighted by atomic mass is 9.91. The van der Waals surface area contributed by atoms with E-state index in [1.54, 1.807) is 6.07 Å². The van der Waals surface area contributed by atoms with Gasteiger partial charge < -0.3 is 16.0 Å². The number of halogens is 1. The van der Waals surface area contributed by atoms with E-state index in [1.165, 1.54) is 6.07 Å². The van der Waals surface area contributed by atoms with E-state index >= 15 is 0 Å². The van der Waals surface area contributed by atoms with Crippen molar-refractivity contribution >= 4 is 23.3 Å². The predicted octanol–water partition coefficient (Wildman–Crippen LogP) is 2.18. The predicted molar refractivity (Wildman–Crippen MR) is 92.3 cm³/mol. The summed E-state index contributed by atoms with van der Waals surface area (Å²) in [4.78, 5) is 7.06. The molecule has 1 fully saturated rings. The number of thioether (sulfide) groups is 1.